The number of methoxy groups -OCH3 is 1. The van der Waals surface area contributed by atoms with E-state index >= 15 is 0 Å². The molecule has 2 aromatic heterocycles. The zero-order valence-electron chi connectivity index (χ0n) is 25.8. The average molecular weight is 631 g/mol. The number of nitrogens with one attached hydrogen (secondary N) is 3. The molecule has 0 bridgehead atoms. The minimum Gasteiger partial charge on any atom is -0.494 e. The molecule has 1 fully saturated rings. The fourth-order valence-electron chi connectivity index (χ4n) is 4.68. The first kappa shape index (κ1) is 33.1. The van der Waals surface area contributed by atoms with Crippen LogP contribution in [0, 0.1) is 0 Å². The molecule has 1 aliphatic heterocycles. The molecule has 1 saturated heterocycles. The summed E-state index contributed by atoms with van der Waals surface area (Å²) in [6.45, 7) is 12.5. The normalized spacial score (nSPS) is 18.5. The molecule has 1 aliphatic carbocycles. The molecule has 0 saturated carbocycles. The average Bonchev–Trinajstić information content (AvgIpc) is 2.96. The fourth-order valence-corrected chi connectivity index (χ4v) is 4.68. The first-order chi connectivity index (χ1) is 21.1. The van der Waals surface area contributed by atoms with Crippen LogP contribution in [0.2, 0.25) is 0 Å². The summed E-state index contributed by atoms with van der Waals surface area (Å²) in [5.41, 5.74) is -1.92. The molecule has 242 valence electrons. The molecule has 2 aromatic rings. The maximum atomic E-state index is 14.0. The van der Waals surface area contributed by atoms with E-state index < -0.39 is 34.6 Å². The maximum absolute atomic E-state index is 14.0. The number of rotatable bonds is 8. The van der Waals surface area contributed by atoms with E-state index in [2.05, 4.69) is 37.5 Å². The summed E-state index contributed by atoms with van der Waals surface area (Å²) in [6, 6.07) is 1.69. The van der Waals surface area contributed by atoms with Gasteiger partial charge in [-0.25, -0.2) is 14.8 Å². The Morgan fingerprint density at radius 2 is 1.82 bits per heavy atom. The monoisotopic (exact) mass is 630 g/mol. The van der Waals surface area contributed by atoms with E-state index in [9.17, 15) is 22.8 Å². The third-order valence-corrected chi connectivity index (χ3v) is 6.84. The van der Waals surface area contributed by atoms with Crippen LogP contribution in [-0.4, -0.2) is 76.3 Å². The summed E-state index contributed by atoms with van der Waals surface area (Å²) >= 11 is 0. The molecule has 15 heteroatoms. The number of anilines is 4. The number of carbonyl (C=O) groups is 2. The van der Waals surface area contributed by atoms with Crippen molar-refractivity contribution in [1.29, 1.82) is 0 Å². The fraction of sp³-hybridized carbons (Fsp3) is 0.433. The van der Waals surface area contributed by atoms with Crippen LogP contribution in [0.4, 0.5) is 41.2 Å². The van der Waals surface area contributed by atoms with Gasteiger partial charge >= 0.3 is 12.3 Å². The Hall–Kier alpha value is -4.82. The van der Waals surface area contributed by atoms with Crippen molar-refractivity contribution in [3.05, 3.63) is 60.6 Å². The van der Waals surface area contributed by atoms with E-state index in [0.29, 0.717) is 61.7 Å². The number of ether oxygens (including phenoxy) is 2. The Kier molecular flexibility index (Phi) is 9.59. The van der Waals surface area contributed by atoms with Crippen LogP contribution in [0.25, 0.3) is 0 Å². The summed E-state index contributed by atoms with van der Waals surface area (Å²) in [5.74, 6) is -0.0570. The highest BCUT2D eigenvalue weighted by molar-refractivity contribution is 5.88. The van der Waals surface area contributed by atoms with Crippen molar-refractivity contribution in [1.82, 2.24) is 25.2 Å². The molecule has 3 heterocycles. The van der Waals surface area contributed by atoms with Gasteiger partial charge in [-0.2, -0.15) is 18.2 Å². The van der Waals surface area contributed by atoms with E-state index in [4.69, 9.17) is 9.47 Å². The van der Waals surface area contributed by atoms with Gasteiger partial charge in [0.25, 0.3) is 0 Å². The Bertz CT molecular complexity index is 1500. The van der Waals surface area contributed by atoms with Crippen LogP contribution in [0.5, 0.6) is 5.75 Å². The van der Waals surface area contributed by atoms with Gasteiger partial charge in [0, 0.05) is 44.1 Å². The number of alkyl halides is 3. The van der Waals surface area contributed by atoms with Crippen molar-refractivity contribution in [2.24, 2.45) is 0 Å². The molecule has 12 nitrogen and oxygen atoms in total. The second-order valence-corrected chi connectivity index (χ2v) is 11.7. The number of amides is 2. The molecular weight excluding hydrogens is 593 g/mol. The molecule has 45 heavy (non-hydrogen) atoms. The molecule has 1 unspecified atom stereocenters. The highest BCUT2D eigenvalue weighted by Crippen LogP contribution is 2.37. The third kappa shape index (κ3) is 8.64. The number of hydrogen-bond acceptors (Lipinski definition) is 10. The van der Waals surface area contributed by atoms with Crippen molar-refractivity contribution in [2.75, 3.05) is 48.8 Å². The molecule has 0 aromatic carbocycles. The lowest BCUT2D eigenvalue weighted by molar-refractivity contribution is -0.137. The van der Waals surface area contributed by atoms with E-state index in [1.54, 1.807) is 36.1 Å². The highest BCUT2D eigenvalue weighted by Gasteiger charge is 2.37. The smallest absolute Gasteiger partial charge is 0.421 e. The molecular formula is C30H37F3N8O4. The summed E-state index contributed by atoms with van der Waals surface area (Å²) < 4.78 is 52.9. The largest absolute Gasteiger partial charge is 0.494 e. The number of halogens is 3. The minimum atomic E-state index is -4.74. The standard InChI is InChI=1S/C30H37F3N8O4/c1-7-24(42)36-19-9-8-10-29(5,16-19)39-25-20(30(31,32)33)17-35-26(38-25)37-21-18-34-23(15-22(21)44-6)40-11-13-41(14-12-40)27(43)45-28(2,3)4/h7-9,15-18H,1,10-14H2,2-6H3,(H,36,42)(H2,35,37,38,39). The Morgan fingerprint density at radius 3 is 2.44 bits per heavy atom. The number of aromatic nitrogens is 3. The summed E-state index contributed by atoms with van der Waals surface area (Å²) in [6.07, 6.45) is 3.50. The van der Waals surface area contributed by atoms with Crippen molar-refractivity contribution >= 4 is 35.3 Å². The first-order valence-corrected chi connectivity index (χ1v) is 14.2. The summed E-state index contributed by atoms with van der Waals surface area (Å²) in [5, 5.41) is 8.40. The van der Waals surface area contributed by atoms with Crippen LogP contribution in [0.15, 0.2) is 55.0 Å². The van der Waals surface area contributed by atoms with E-state index in [0.717, 1.165) is 6.08 Å². The van der Waals surface area contributed by atoms with Crippen LogP contribution >= 0.6 is 0 Å². The number of piperazine rings is 1. The molecule has 3 N–H and O–H groups in total. The zero-order valence-corrected chi connectivity index (χ0v) is 25.8. The highest BCUT2D eigenvalue weighted by atomic mass is 19.4. The van der Waals surface area contributed by atoms with Gasteiger partial charge in [0.1, 0.15) is 34.2 Å². The van der Waals surface area contributed by atoms with Gasteiger partial charge in [0.15, 0.2) is 0 Å². The van der Waals surface area contributed by atoms with E-state index in [1.165, 1.54) is 13.3 Å². The van der Waals surface area contributed by atoms with Gasteiger partial charge in [-0.05, 0) is 52.3 Å². The van der Waals surface area contributed by atoms with Crippen LogP contribution in [0.1, 0.15) is 39.7 Å². The van der Waals surface area contributed by atoms with Gasteiger partial charge in [0.05, 0.1) is 18.8 Å². The zero-order chi connectivity index (χ0) is 33.0. The quantitative estimate of drug-likeness (QED) is 0.342. The Labute approximate surface area is 259 Å². The summed E-state index contributed by atoms with van der Waals surface area (Å²) in [4.78, 5) is 40.3. The van der Waals surface area contributed by atoms with Gasteiger partial charge < -0.3 is 35.2 Å². The SMILES string of the molecule is C=CC(=O)NC1=CC(C)(Nc2nc(Nc3cnc(N4CCN(C(=O)OC(C)(C)C)CC4)cc3OC)ncc2C(F)(F)F)CC=C1. The van der Waals surface area contributed by atoms with Crippen LogP contribution in [0.3, 0.4) is 0 Å². The molecule has 4 rings (SSSR count). The van der Waals surface area contributed by atoms with Gasteiger partial charge in [-0.3, -0.25) is 4.79 Å². The first-order valence-electron chi connectivity index (χ1n) is 14.2. The predicted molar refractivity (Wildman–Crippen MR) is 163 cm³/mol. The molecule has 1 atom stereocenters. The molecule has 0 radical (unpaired) electrons. The number of nitrogens with zero attached hydrogens (tertiary/aromatic N) is 5. The Balaban J connectivity index is 1.52. The van der Waals surface area contributed by atoms with Crippen molar-refractivity contribution < 1.29 is 32.2 Å². The maximum Gasteiger partial charge on any atom is 0.421 e. The Morgan fingerprint density at radius 1 is 1.11 bits per heavy atom. The van der Waals surface area contributed by atoms with Crippen LogP contribution in [-0.2, 0) is 15.7 Å². The molecule has 2 amide bonds. The van der Waals surface area contributed by atoms with E-state index in [-0.39, 0.29) is 12.0 Å². The second kappa shape index (κ2) is 13.0. The minimum absolute atomic E-state index is 0.122. The summed E-state index contributed by atoms with van der Waals surface area (Å²) in [7, 11) is 1.46. The number of hydrogen-bond donors (Lipinski definition) is 3. The lowest BCUT2D eigenvalue weighted by Crippen LogP contribution is -2.50. The predicted octanol–water partition coefficient (Wildman–Crippen LogP) is 5.02. The van der Waals surface area contributed by atoms with Crippen LogP contribution < -0.4 is 25.6 Å². The number of allylic oxidation sites excluding steroid dienone is 1. The van der Waals surface area contributed by atoms with E-state index in [1.807, 2.05) is 25.7 Å². The van der Waals surface area contributed by atoms with Crippen molar-refractivity contribution in [3.63, 3.8) is 0 Å². The molecule has 0 spiro atoms. The molecule has 2 aliphatic rings. The number of pyridine rings is 1. The third-order valence-electron chi connectivity index (χ3n) is 6.84. The topological polar surface area (TPSA) is 134 Å². The van der Waals surface area contributed by atoms with Crippen molar-refractivity contribution in [2.45, 2.75) is 51.4 Å². The van der Waals surface area contributed by atoms with Gasteiger partial charge in [-0.15, -0.1) is 0 Å². The second-order valence-electron chi connectivity index (χ2n) is 11.7. The van der Waals surface area contributed by atoms with Gasteiger partial charge in [-0.1, -0.05) is 12.7 Å². The van der Waals surface area contributed by atoms with Gasteiger partial charge in [0.2, 0.25) is 11.9 Å². The number of carbonyl (C=O) groups excluding carboxylic acids is 2. The lowest BCUT2D eigenvalue weighted by Gasteiger charge is -2.36. The van der Waals surface area contributed by atoms with Crippen molar-refractivity contribution in [3.8, 4) is 5.75 Å². The lowest BCUT2D eigenvalue weighted by atomic mass is 9.91.